The number of rotatable bonds is 3. The predicted octanol–water partition coefficient (Wildman–Crippen LogP) is 1.75. The number of hydrogen-bond acceptors (Lipinski definition) is 4. The average Bonchev–Trinajstić information content (AvgIpc) is 2.69. The minimum absolute atomic E-state index is 0.0643. The summed E-state index contributed by atoms with van der Waals surface area (Å²) in [7, 11) is 0. The van der Waals surface area contributed by atoms with Crippen molar-refractivity contribution in [3.05, 3.63) is 29.3 Å². The van der Waals surface area contributed by atoms with Gasteiger partial charge < -0.3 is 15.6 Å². The molecule has 0 amide bonds. The van der Waals surface area contributed by atoms with Crippen LogP contribution >= 0.6 is 11.6 Å². The van der Waals surface area contributed by atoms with Gasteiger partial charge in [-0.25, -0.2) is 0 Å². The molecular formula is C15H19ClN2O2. The first-order chi connectivity index (χ1) is 9.50. The van der Waals surface area contributed by atoms with Gasteiger partial charge in [-0.3, -0.25) is 4.90 Å². The Hall–Kier alpha value is -0.810. The smallest absolute Gasteiger partial charge is 0.145 e. The number of aliphatic hydroxyl groups excluding tert-OH is 1. The van der Waals surface area contributed by atoms with E-state index in [4.69, 9.17) is 22.1 Å². The van der Waals surface area contributed by atoms with Gasteiger partial charge >= 0.3 is 0 Å². The molecule has 0 aromatic heterocycles. The highest BCUT2D eigenvalue weighted by Gasteiger charge is 2.70. The maximum absolute atomic E-state index is 10.5. The van der Waals surface area contributed by atoms with Crippen LogP contribution in [0.15, 0.2) is 24.3 Å². The first kappa shape index (κ1) is 12.9. The summed E-state index contributed by atoms with van der Waals surface area (Å²) in [4.78, 5) is 2.20. The van der Waals surface area contributed by atoms with Crippen molar-refractivity contribution >= 4 is 11.6 Å². The lowest BCUT2D eigenvalue weighted by atomic mass is 9.44. The zero-order valence-corrected chi connectivity index (χ0v) is 12.0. The van der Waals surface area contributed by atoms with E-state index in [1.807, 2.05) is 12.1 Å². The molecule has 0 spiro atoms. The van der Waals surface area contributed by atoms with E-state index in [0.717, 1.165) is 38.0 Å². The van der Waals surface area contributed by atoms with Gasteiger partial charge in [-0.1, -0.05) is 11.6 Å². The molecule has 5 heteroatoms. The number of likely N-dealkylation sites (tertiary alicyclic amines) is 1. The summed E-state index contributed by atoms with van der Waals surface area (Å²) >= 11 is 5.86. The first-order valence-electron chi connectivity index (χ1n) is 7.16. The fourth-order valence-electron chi connectivity index (χ4n) is 4.19. The Morgan fingerprint density at radius 1 is 1.25 bits per heavy atom. The van der Waals surface area contributed by atoms with E-state index in [0.29, 0.717) is 5.02 Å². The summed E-state index contributed by atoms with van der Waals surface area (Å²) in [5.74, 6) is 0.758. The maximum atomic E-state index is 10.5. The molecule has 1 heterocycles. The third-order valence-electron chi connectivity index (χ3n) is 5.06. The van der Waals surface area contributed by atoms with Crippen molar-refractivity contribution in [3.8, 4) is 5.75 Å². The molecule has 1 aromatic carbocycles. The molecule has 4 aliphatic rings. The van der Waals surface area contributed by atoms with Crippen LogP contribution in [0.3, 0.4) is 0 Å². The first-order valence-corrected chi connectivity index (χ1v) is 7.54. The van der Waals surface area contributed by atoms with Crippen LogP contribution < -0.4 is 10.5 Å². The highest BCUT2D eigenvalue weighted by molar-refractivity contribution is 6.30. The highest BCUT2D eigenvalue weighted by Crippen LogP contribution is 2.63. The lowest BCUT2D eigenvalue weighted by Crippen LogP contribution is -2.82. The summed E-state index contributed by atoms with van der Waals surface area (Å²) in [5.41, 5.74) is 6.33. The van der Waals surface area contributed by atoms with Gasteiger partial charge in [0.2, 0.25) is 0 Å². The van der Waals surface area contributed by atoms with E-state index in [9.17, 15) is 5.11 Å². The fourth-order valence-corrected chi connectivity index (χ4v) is 4.32. The van der Waals surface area contributed by atoms with E-state index >= 15 is 0 Å². The van der Waals surface area contributed by atoms with Crippen molar-refractivity contribution in [3.63, 3.8) is 0 Å². The quantitative estimate of drug-likeness (QED) is 0.892. The molecular weight excluding hydrogens is 276 g/mol. The van der Waals surface area contributed by atoms with Crippen molar-refractivity contribution in [1.29, 1.82) is 0 Å². The van der Waals surface area contributed by atoms with Gasteiger partial charge in [0.1, 0.15) is 18.1 Å². The molecule has 1 saturated heterocycles. The number of aliphatic hydroxyl groups is 1. The van der Waals surface area contributed by atoms with Crippen LogP contribution in [0.1, 0.15) is 25.7 Å². The summed E-state index contributed by atoms with van der Waals surface area (Å²) in [6.45, 7) is 0.884. The third-order valence-corrected chi connectivity index (χ3v) is 5.31. The van der Waals surface area contributed by atoms with Crippen molar-refractivity contribution in [2.45, 2.75) is 49.1 Å². The largest absolute Gasteiger partial charge is 0.486 e. The molecule has 2 unspecified atom stereocenters. The molecule has 20 heavy (non-hydrogen) atoms. The Kier molecular flexibility index (Phi) is 2.65. The summed E-state index contributed by atoms with van der Waals surface area (Å²) in [5, 5.41) is 11.2. The summed E-state index contributed by atoms with van der Waals surface area (Å²) in [6.07, 6.45) is 3.21. The Morgan fingerprint density at radius 3 is 2.50 bits per heavy atom. The second-order valence-corrected chi connectivity index (χ2v) is 7.06. The molecule has 3 saturated carbocycles. The van der Waals surface area contributed by atoms with Crippen LogP contribution in [0.5, 0.6) is 5.75 Å². The molecule has 4 fully saturated rings. The van der Waals surface area contributed by atoms with Gasteiger partial charge in [0.25, 0.3) is 0 Å². The minimum atomic E-state index is -0.532. The van der Waals surface area contributed by atoms with Crippen LogP contribution in [-0.2, 0) is 0 Å². The number of nitrogens with two attached hydrogens (primary N) is 1. The Morgan fingerprint density at radius 2 is 1.90 bits per heavy atom. The van der Waals surface area contributed by atoms with Crippen molar-refractivity contribution < 1.29 is 9.84 Å². The fraction of sp³-hybridized carbons (Fsp3) is 0.600. The van der Waals surface area contributed by atoms with E-state index in [1.54, 1.807) is 12.1 Å². The number of hydrogen-bond donors (Lipinski definition) is 2. The standard InChI is InChI=1S/C15H19ClN2O2/c16-10-1-3-11(4-2-10)20-12-5-6-18(13(12)19)15-7-14(17,8-15)9-15/h1-4,12-13,19H,5-9,17H2. The number of ether oxygens (including phenoxy) is 1. The zero-order chi connectivity index (χ0) is 14.0. The van der Waals surface area contributed by atoms with Gasteiger partial charge in [-0.15, -0.1) is 0 Å². The van der Waals surface area contributed by atoms with Crippen LogP contribution in [-0.4, -0.2) is 40.0 Å². The zero-order valence-electron chi connectivity index (χ0n) is 11.3. The van der Waals surface area contributed by atoms with Gasteiger partial charge in [0.15, 0.2) is 0 Å². The molecule has 3 N–H and O–H groups in total. The lowest BCUT2D eigenvalue weighted by Gasteiger charge is -2.72. The highest BCUT2D eigenvalue weighted by atomic mass is 35.5. The van der Waals surface area contributed by atoms with Gasteiger partial charge in [-0.05, 0) is 43.5 Å². The van der Waals surface area contributed by atoms with Gasteiger partial charge in [0, 0.05) is 29.1 Å². The summed E-state index contributed by atoms with van der Waals surface area (Å²) < 4.78 is 5.90. The third kappa shape index (κ3) is 1.79. The molecule has 108 valence electrons. The van der Waals surface area contributed by atoms with Crippen molar-refractivity contribution in [2.75, 3.05) is 6.54 Å². The second-order valence-electron chi connectivity index (χ2n) is 6.62. The molecule has 0 radical (unpaired) electrons. The van der Waals surface area contributed by atoms with Crippen LogP contribution in [0.4, 0.5) is 0 Å². The predicted molar refractivity (Wildman–Crippen MR) is 76.7 cm³/mol. The molecule has 1 aliphatic heterocycles. The number of nitrogens with zero attached hydrogens (tertiary/aromatic N) is 1. The molecule has 4 nitrogen and oxygen atoms in total. The number of benzene rings is 1. The molecule has 5 rings (SSSR count). The Bertz CT molecular complexity index is 513. The SMILES string of the molecule is NC12CC(N3CCC(Oc4ccc(Cl)cc4)C3O)(C1)C2. The molecule has 3 aliphatic carbocycles. The van der Waals surface area contributed by atoms with Crippen LogP contribution in [0.25, 0.3) is 0 Å². The van der Waals surface area contributed by atoms with E-state index in [2.05, 4.69) is 4.90 Å². The average molecular weight is 295 g/mol. The monoisotopic (exact) mass is 294 g/mol. The van der Waals surface area contributed by atoms with Crippen LogP contribution in [0, 0.1) is 0 Å². The topological polar surface area (TPSA) is 58.7 Å². The van der Waals surface area contributed by atoms with Crippen molar-refractivity contribution in [1.82, 2.24) is 4.90 Å². The Labute approximate surface area is 123 Å². The number of halogens is 1. The lowest BCUT2D eigenvalue weighted by molar-refractivity contribution is -0.205. The summed E-state index contributed by atoms with van der Waals surface area (Å²) in [6, 6.07) is 7.28. The Balaban J connectivity index is 1.42. The van der Waals surface area contributed by atoms with Gasteiger partial charge in [-0.2, -0.15) is 0 Å². The van der Waals surface area contributed by atoms with E-state index < -0.39 is 6.23 Å². The second kappa shape index (κ2) is 4.10. The molecule has 1 aromatic rings. The molecule has 2 bridgehead atoms. The minimum Gasteiger partial charge on any atom is -0.486 e. The molecule has 2 atom stereocenters. The van der Waals surface area contributed by atoms with E-state index in [-0.39, 0.29) is 17.2 Å². The van der Waals surface area contributed by atoms with Crippen molar-refractivity contribution in [2.24, 2.45) is 5.73 Å². The normalized spacial score (nSPS) is 43.0. The van der Waals surface area contributed by atoms with Gasteiger partial charge in [0.05, 0.1) is 0 Å². The van der Waals surface area contributed by atoms with Crippen LogP contribution in [0.2, 0.25) is 5.02 Å². The van der Waals surface area contributed by atoms with E-state index in [1.165, 1.54) is 0 Å². The maximum Gasteiger partial charge on any atom is 0.145 e.